The number of likely N-dealkylation sites (tertiary alicyclic amines) is 1. The number of carbonyl (C=O) groups excluding carboxylic acids is 2. The van der Waals surface area contributed by atoms with Crippen molar-refractivity contribution in [2.75, 3.05) is 13.1 Å². The summed E-state index contributed by atoms with van der Waals surface area (Å²) in [6.07, 6.45) is 9.00. The van der Waals surface area contributed by atoms with Crippen LogP contribution in [0.1, 0.15) is 102 Å². The molecular formula is C37H51FN4O4. The van der Waals surface area contributed by atoms with Crippen molar-refractivity contribution < 1.29 is 23.8 Å². The van der Waals surface area contributed by atoms with Crippen molar-refractivity contribution in [1.82, 2.24) is 20.5 Å². The predicted octanol–water partition coefficient (Wildman–Crippen LogP) is 5.27. The van der Waals surface area contributed by atoms with E-state index in [9.17, 15) is 19.1 Å². The van der Waals surface area contributed by atoms with Crippen molar-refractivity contribution in [3.05, 3.63) is 59.0 Å². The number of amides is 2. The quantitative estimate of drug-likeness (QED) is 0.329. The summed E-state index contributed by atoms with van der Waals surface area (Å²) in [7, 11) is 0. The van der Waals surface area contributed by atoms with Crippen molar-refractivity contribution in [2.24, 2.45) is 16.7 Å². The number of ether oxygens (including phenoxy) is 1. The van der Waals surface area contributed by atoms with Crippen LogP contribution in [0.2, 0.25) is 0 Å². The first-order valence-corrected chi connectivity index (χ1v) is 17.2. The highest BCUT2D eigenvalue weighted by molar-refractivity contribution is 5.94. The van der Waals surface area contributed by atoms with Crippen molar-refractivity contribution in [3.63, 3.8) is 0 Å². The summed E-state index contributed by atoms with van der Waals surface area (Å²) in [6.45, 7) is 10.9. The molecule has 6 rings (SSSR count). The molecule has 2 aliphatic carbocycles. The van der Waals surface area contributed by atoms with E-state index in [1.165, 1.54) is 12.1 Å². The maximum absolute atomic E-state index is 14.2. The largest absolute Gasteiger partial charge is 0.471 e. The van der Waals surface area contributed by atoms with Gasteiger partial charge in [0.05, 0.1) is 23.5 Å². The lowest BCUT2D eigenvalue weighted by Crippen LogP contribution is -2.54. The normalized spacial score (nSPS) is 24.8. The second-order valence-corrected chi connectivity index (χ2v) is 16.1. The fourth-order valence-electron chi connectivity index (χ4n) is 7.69. The van der Waals surface area contributed by atoms with Gasteiger partial charge in [0.2, 0.25) is 17.7 Å². The molecule has 2 aliphatic heterocycles. The van der Waals surface area contributed by atoms with Gasteiger partial charge in [0.1, 0.15) is 11.4 Å². The number of nitrogens with zero attached hydrogens (tertiary/aromatic N) is 2. The number of pyridine rings is 1. The highest BCUT2D eigenvalue weighted by Gasteiger charge is 2.53. The first kappa shape index (κ1) is 32.9. The van der Waals surface area contributed by atoms with E-state index in [4.69, 9.17) is 9.72 Å². The first-order valence-electron chi connectivity index (χ1n) is 17.2. The Labute approximate surface area is 272 Å². The SMILES string of the molecule is CC(C)(C)Cc1cnc2c(c1)[C@@H](NC[C@@H](O)[C@H](Cc1cccc(F)c1)NC(=O)C1CN(C3CCC3)C(=O)C1(C)C)CC1(CCC1)O2. The first-order chi connectivity index (χ1) is 21.7. The number of aliphatic hydroxyl groups is 1. The highest BCUT2D eigenvalue weighted by Crippen LogP contribution is 2.48. The average molecular weight is 635 g/mol. The van der Waals surface area contributed by atoms with Crippen LogP contribution in [-0.4, -0.2) is 63.7 Å². The smallest absolute Gasteiger partial charge is 0.229 e. The topological polar surface area (TPSA) is 104 Å². The van der Waals surface area contributed by atoms with E-state index >= 15 is 0 Å². The maximum atomic E-state index is 14.2. The molecule has 1 aromatic carbocycles. The van der Waals surface area contributed by atoms with Crippen LogP contribution in [0.25, 0.3) is 0 Å². The minimum absolute atomic E-state index is 0.0174. The number of rotatable bonds is 10. The lowest BCUT2D eigenvalue weighted by Gasteiger charge is -2.47. The number of aliphatic hydroxyl groups excluding tert-OH is 1. The highest BCUT2D eigenvalue weighted by atomic mass is 19.1. The Morgan fingerprint density at radius 3 is 2.57 bits per heavy atom. The van der Waals surface area contributed by atoms with Gasteiger partial charge >= 0.3 is 0 Å². The number of hydrogen-bond acceptors (Lipinski definition) is 6. The van der Waals surface area contributed by atoms with Gasteiger partial charge in [-0.1, -0.05) is 46.8 Å². The zero-order valence-electron chi connectivity index (χ0n) is 28.1. The molecule has 46 heavy (non-hydrogen) atoms. The Hall–Kier alpha value is -3.04. The van der Waals surface area contributed by atoms with Gasteiger partial charge < -0.3 is 25.4 Å². The van der Waals surface area contributed by atoms with E-state index in [2.05, 4.69) is 37.5 Å². The Morgan fingerprint density at radius 2 is 1.93 bits per heavy atom. The molecule has 4 atom stereocenters. The molecule has 2 aromatic rings. The predicted molar refractivity (Wildman–Crippen MR) is 175 cm³/mol. The zero-order chi connectivity index (χ0) is 32.9. The molecule has 2 saturated carbocycles. The molecule has 4 aliphatic rings. The summed E-state index contributed by atoms with van der Waals surface area (Å²) < 4.78 is 20.6. The average Bonchev–Trinajstić information content (AvgIpc) is 3.16. The molecule has 1 unspecified atom stereocenters. The van der Waals surface area contributed by atoms with Crippen LogP contribution in [0.4, 0.5) is 4.39 Å². The Kier molecular flexibility index (Phi) is 8.96. The van der Waals surface area contributed by atoms with Gasteiger partial charge in [0.15, 0.2) is 0 Å². The molecule has 3 N–H and O–H groups in total. The second kappa shape index (κ2) is 12.5. The van der Waals surface area contributed by atoms with E-state index < -0.39 is 23.5 Å². The van der Waals surface area contributed by atoms with E-state index in [0.29, 0.717) is 18.0 Å². The van der Waals surface area contributed by atoms with Crippen LogP contribution in [-0.2, 0) is 22.4 Å². The minimum atomic E-state index is -0.968. The molecule has 1 aromatic heterocycles. The van der Waals surface area contributed by atoms with E-state index in [-0.39, 0.29) is 53.7 Å². The van der Waals surface area contributed by atoms with Crippen LogP contribution in [0.15, 0.2) is 36.5 Å². The molecular weight excluding hydrogens is 583 g/mol. The maximum Gasteiger partial charge on any atom is 0.229 e. The van der Waals surface area contributed by atoms with Gasteiger partial charge in [0.25, 0.3) is 0 Å². The van der Waals surface area contributed by atoms with Gasteiger partial charge in [-0.05, 0) is 86.1 Å². The molecule has 3 heterocycles. The van der Waals surface area contributed by atoms with Crippen LogP contribution in [0.5, 0.6) is 5.88 Å². The standard InChI is InChI=1S/C37H51FN4O4/c1-35(2,3)18-24-16-27-30(19-37(13-8-14-37)46-33(27)40-20-24)39-21-31(43)29(17-23-9-6-10-25(38)15-23)41-32(44)28-22-42(26-11-7-12-26)34(45)36(28,4)5/h6,9-10,15-16,20,26,28-31,39,43H,7-8,11-14,17-19,21-22H2,1-5H3,(H,41,44)/t28?,29-,30-,31+/m0/s1. The zero-order valence-corrected chi connectivity index (χ0v) is 28.1. The van der Waals surface area contributed by atoms with Crippen molar-refractivity contribution in [3.8, 4) is 5.88 Å². The van der Waals surface area contributed by atoms with Gasteiger partial charge in [-0.25, -0.2) is 9.37 Å². The summed E-state index contributed by atoms with van der Waals surface area (Å²) in [5, 5.41) is 18.4. The molecule has 250 valence electrons. The Bertz CT molecular complexity index is 1450. The molecule has 2 amide bonds. The third kappa shape index (κ3) is 6.82. The van der Waals surface area contributed by atoms with Crippen LogP contribution < -0.4 is 15.4 Å². The molecule has 8 nitrogen and oxygen atoms in total. The lowest BCUT2D eigenvalue weighted by atomic mass is 9.73. The molecule has 9 heteroatoms. The van der Waals surface area contributed by atoms with Crippen LogP contribution in [0, 0.1) is 22.6 Å². The number of nitrogens with one attached hydrogen (secondary N) is 2. The van der Waals surface area contributed by atoms with Gasteiger partial charge in [-0.3, -0.25) is 9.59 Å². The van der Waals surface area contributed by atoms with Crippen molar-refractivity contribution in [1.29, 1.82) is 0 Å². The number of carbonyl (C=O) groups is 2. The monoisotopic (exact) mass is 634 g/mol. The summed E-state index contributed by atoms with van der Waals surface area (Å²) in [4.78, 5) is 33.8. The minimum Gasteiger partial charge on any atom is -0.471 e. The van der Waals surface area contributed by atoms with Gasteiger partial charge in [0, 0.05) is 43.4 Å². The fraction of sp³-hybridized carbons (Fsp3) is 0.649. The number of aromatic nitrogens is 1. The molecule has 0 bridgehead atoms. The van der Waals surface area contributed by atoms with E-state index in [1.54, 1.807) is 12.1 Å². The number of benzene rings is 1. The summed E-state index contributed by atoms with van der Waals surface area (Å²) >= 11 is 0. The summed E-state index contributed by atoms with van der Waals surface area (Å²) in [5.74, 6) is -0.476. The Morgan fingerprint density at radius 1 is 1.17 bits per heavy atom. The fourth-order valence-corrected chi connectivity index (χ4v) is 7.69. The third-order valence-corrected chi connectivity index (χ3v) is 10.8. The number of halogens is 1. The third-order valence-electron chi connectivity index (χ3n) is 10.8. The summed E-state index contributed by atoms with van der Waals surface area (Å²) in [6, 6.07) is 7.91. The van der Waals surface area contributed by atoms with E-state index in [0.717, 1.165) is 62.5 Å². The Balaban J connectivity index is 1.20. The number of hydrogen-bond donors (Lipinski definition) is 3. The van der Waals surface area contributed by atoms with Gasteiger partial charge in [-0.2, -0.15) is 0 Å². The molecule has 1 spiro atoms. The second-order valence-electron chi connectivity index (χ2n) is 16.1. The van der Waals surface area contributed by atoms with Gasteiger partial charge in [-0.15, -0.1) is 0 Å². The molecule has 3 fully saturated rings. The molecule has 1 saturated heterocycles. The lowest BCUT2D eigenvalue weighted by molar-refractivity contribution is -0.140. The van der Waals surface area contributed by atoms with Crippen molar-refractivity contribution >= 4 is 11.8 Å². The van der Waals surface area contributed by atoms with Crippen LogP contribution in [0.3, 0.4) is 0 Å². The van der Waals surface area contributed by atoms with Crippen LogP contribution >= 0.6 is 0 Å². The summed E-state index contributed by atoms with van der Waals surface area (Å²) in [5.41, 5.74) is 1.86. The van der Waals surface area contributed by atoms with Crippen molar-refractivity contribution in [2.45, 2.75) is 122 Å². The molecule has 0 radical (unpaired) electrons. The van der Waals surface area contributed by atoms with E-state index in [1.807, 2.05) is 24.9 Å². The number of fused-ring (bicyclic) bond motifs is 1.